The van der Waals surface area contributed by atoms with Crippen LogP contribution < -0.4 is 0 Å². The number of hydrogen-bond donors (Lipinski definition) is 0. The Labute approximate surface area is 498 Å². The molecule has 80 heavy (non-hydrogen) atoms. The normalized spacial score (nSPS) is 12.3. The first-order valence-electron chi connectivity index (χ1n) is 35.6. The first-order valence-corrected chi connectivity index (χ1v) is 35.6. The van der Waals surface area contributed by atoms with E-state index in [1.807, 2.05) is 0 Å². The molecule has 0 N–H and O–H groups in total. The van der Waals surface area contributed by atoms with Crippen LogP contribution in [-0.4, -0.2) is 37.2 Å². The highest BCUT2D eigenvalue weighted by Gasteiger charge is 2.19. The van der Waals surface area contributed by atoms with E-state index in [-0.39, 0.29) is 31.1 Å². The van der Waals surface area contributed by atoms with Crippen molar-refractivity contribution in [3.05, 3.63) is 48.6 Å². The van der Waals surface area contributed by atoms with Gasteiger partial charge in [-0.1, -0.05) is 339 Å². The van der Waals surface area contributed by atoms with Crippen LogP contribution in [0.25, 0.3) is 0 Å². The van der Waals surface area contributed by atoms with Gasteiger partial charge in [-0.15, -0.1) is 0 Å². The lowest BCUT2D eigenvalue weighted by Crippen LogP contribution is -2.30. The van der Waals surface area contributed by atoms with Gasteiger partial charge in [-0.05, 0) is 77.0 Å². The lowest BCUT2D eigenvalue weighted by Gasteiger charge is -2.18. The summed E-state index contributed by atoms with van der Waals surface area (Å²) in [4.78, 5) is 38.4. The Morgan fingerprint density at radius 3 is 0.775 bits per heavy atom. The molecule has 0 saturated heterocycles. The number of hydrogen-bond acceptors (Lipinski definition) is 6. The van der Waals surface area contributed by atoms with Crippen molar-refractivity contribution in [2.75, 3.05) is 13.2 Å². The summed E-state index contributed by atoms with van der Waals surface area (Å²) in [7, 11) is 0. The van der Waals surface area contributed by atoms with E-state index in [9.17, 15) is 14.4 Å². The van der Waals surface area contributed by atoms with E-state index >= 15 is 0 Å². The second kappa shape index (κ2) is 68.9. The van der Waals surface area contributed by atoms with Crippen LogP contribution >= 0.6 is 0 Å². The first-order chi connectivity index (χ1) is 39.5. The molecule has 0 aliphatic rings. The number of carbonyl (C=O) groups is 3. The van der Waals surface area contributed by atoms with E-state index in [0.29, 0.717) is 19.3 Å². The van der Waals surface area contributed by atoms with Crippen LogP contribution in [0.15, 0.2) is 48.6 Å². The summed E-state index contributed by atoms with van der Waals surface area (Å²) in [5.41, 5.74) is 0. The summed E-state index contributed by atoms with van der Waals surface area (Å²) >= 11 is 0. The van der Waals surface area contributed by atoms with Gasteiger partial charge in [0.1, 0.15) is 13.2 Å². The molecule has 0 aliphatic carbocycles. The molecule has 0 aromatic heterocycles. The number of esters is 3. The highest BCUT2D eigenvalue weighted by molar-refractivity contribution is 5.71. The predicted octanol–water partition coefficient (Wildman–Crippen LogP) is 24.5. The second-order valence-corrected chi connectivity index (χ2v) is 24.1. The summed E-state index contributed by atoms with van der Waals surface area (Å²) in [5.74, 6) is -0.870. The van der Waals surface area contributed by atoms with Crippen LogP contribution in [0.2, 0.25) is 0 Å². The Hall–Kier alpha value is -2.63. The van der Waals surface area contributed by atoms with Crippen LogP contribution in [0, 0.1) is 0 Å². The van der Waals surface area contributed by atoms with Gasteiger partial charge in [-0.2, -0.15) is 0 Å². The Kier molecular flexibility index (Phi) is 66.6. The third kappa shape index (κ3) is 66.2. The zero-order chi connectivity index (χ0) is 57.8. The van der Waals surface area contributed by atoms with E-state index in [1.54, 1.807) is 0 Å². The quantitative estimate of drug-likeness (QED) is 0.0261. The summed E-state index contributed by atoms with van der Waals surface area (Å²) in [5, 5.41) is 0. The molecule has 0 aliphatic heterocycles. The molecule has 0 aromatic rings. The van der Waals surface area contributed by atoms with Crippen molar-refractivity contribution in [2.24, 2.45) is 0 Å². The minimum absolute atomic E-state index is 0.0759. The first kappa shape index (κ1) is 77.4. The average molecular weight is 1120 g/mol. The highest BCUT2D eigenvalue weighted by Crippen LogP contribution is 2.19. The van der Waals surface area contributed by atoms with Crippen molar-refractivity contribution < 1.29 is 28.6 Å². The van der Waals surface area contributed by atoms with E-state index in [1.165, 1.54) is 257 Å². The van der Waals surface area contributed by atoms with Gasteiger partial charge in [0.15, 0.2) is 6.10 Å². The molecule has 0 rings (SSSR count). The molecule has 0 bridgehead atoms. The number of unbranched alkanes of at least 4 members (excludes halogenated alkanes) is 47. The van der Waals surface area contributed by atoms with Crippen LogP contribution in [0.5, 0.6) is 0 Å². The van der Waals surface area contributed by atoms with Crippen LogP contribution in [0.1, 0.15) is 387 Å². The van der Waals surface area contributed by atoms with Crippen LogP contribution in [0.3, 0.4) is 0 Å². The smallest absolute Gasteiger partial charge is 0.306 e. The fourth-order valence-corrected chi connectivity index (χ4v) is 10.8. The molecule has 0 saturated carbocycles. The van der Waals surface area contributed by atoms with E-state index < -0.39 is 6.10 Å². The molecule has 468 valence electrons. The Balaban J connectivity index is 4.21. The molecular formula is C74H136O6. The van der Waals surface area contributed by atoms with Crippen molar-refractivity contribution >= 4 is 17.9 Å². The number of ether oxygens (including phenoxy) is 3. The molecule has 1 atom stereocenters. The third-order valence-electron chi connectivity index (χ3n) is 16.1. The molecule has 0 fully saturated rings. The molecular weight excluding hydrogens is 985 g/mol. The van der Waals surface area contributed by atoms with Crippen molar-refractivity contribution in [3.63, 3.8) is 0 Å². The van der Waals surface area contributed by atoms with Gasteiger partial charge in [0, 0.05) is 19.3 Å². The van der Waals surface area contributed by atoms with Crippen LogP contribution in [0.4, 0.5) is 0 Å². The molecule has 0 heterocycles. The summed E-state index contributed by atoms with van der Waals surface area (Å²) in [6.45, 7) is 6.58. The minimum atomic E-state index is -0.782. The monoisotopic (exact) mass is 1120 g/mol. The van der Waals surface area contributed by atoms with Gasteiger partial charge < -0.3 is 14.2 Å². The molecule has 0 aromatic carbocycles. The fourth-order valence-electron chi connectivity index (χ4n) is 10.8. The Morgan fingerprint density at radius 1 is 0.263 bits per heavy atom. The maximum Gasteiger partial charge on any atom is 0.306 e. The highest BCUT2D eigenvalue weighted by atomic mass is 16.6. The summed E-state index contributed by atoms with van der Waals surface area (Å²) in [6, 6.07) is 0. The molecule has 6 nitrogen and oxygen atoms in total. The van der Waals surface area contributed by atoms with Crippen molar-refractivity contribution in [2.45, 2.75) is 393 Å². The zero-order valence-electron chi connectivity index (χ0n) is 53.9. The topological polar surface area (TPSA) is 78.9 Å². The molecule has 6 heteroatoms. The SMILES string of the molecule is CC/C=C\C/C=C\C/C=C\CCCCCCCCCC(=O)OC(COC(=O)CCCCCCC/C=C\CCCCCCCCC)COC(=O)CCCCCCCCCCCCCCCCCCCCCCCCCCCCCCC. The van der Waals surface area contributed by atoms with Gasteiger partial charge in [0.2, 0.25) is 0 Å². The number of carbonyl (C=O) groups excluding carboxylic acids is 3. The van der Waals surface area contributed by atoms with E-state index in [4.69, 9.17) is 14.2 Å². The lowest BCUT2D eigenvalue weighted by atomic mass is 10.0. The van der Waals surface area contributed by atoms with E-state index in [2.05, 4.69) is 69.4 Å². The largest absolute Gasteiger partial charge is 0.462 e. The second-order valence-electron chi connectivity index (χ2n) is 24.1. The third-order valence-corrected chi connectivity index (χ3v) is 16.1. The Bertz CT molecular complexity index is 1380. The molecule has 0 amide bonds. The van der Waals surface area contributed by atoms with Gasteiger partial charge in [-0.25, -0.2) is 0 Å². The van der Waals surface area contributed by atoms with Gasteiger partial charge in [-0.3, -0.25) is 14.4 Å². The number of allylic oxidation sites excluding steroid dienone is 8. The standard InChI is InChI=1S/C74H136O6/c1-4-7-10-13-16-19-22-25-28-31-32-33-34-35-36-37-38-39-40-41-42-44-46-49-52-55-58-61-64-67-73(76)79-70-71(69-78-72(75)66-63-60-57-54-51-48-45-30-27-24-21-18-15-12-9-6-3)80-74(77)68-65-62-59-56-53-50-47-43-29-26-23-20-17-14-11-8-5-2/h8,11,17,20,26,29-30,45,71H,4-7,9-10,12-16,18-19,21-25,27-28,31-44,46-70H2,1-3H3/b11-8-,20-17-,29-26-,45-30-. The van der Waals surface area contributed by atoms with Crippen molar-refractivity contribution in [3.8, 4) is 0 Å². The maximum absolute atomic E-state index is 12.9. The minimum Gasteiger partial charge on any atom is -0.462 e. The van der Waals surface area contributed by atoms with Gasteiger partial charge in [0.05, 0.1) is 0 Å². The summed E-state index contributed by atoms with van der Waals surface area (Å²) in [6.07, 6.45) is 87.2. The van der Waals surface area contributed by atoms with Crippen LogP contribution in [-0.2, 0) is 28.6 Å². The predicted molar refractivity (Wildman–Crippen MR) is 349 cm³/mol. The Morgan fingerprint density at radius 2 is 0.487 bits per heavy atom. The fraction of sp³-hybridized carbons (Fsp3) is 0.851. The summed E-state index contributed by atoms with van der Waals surface area (Å²) < 4.78 is 17.0. The van der Waals surface area contributed by atoms with E-state index in [0.717, 1.165) is 89.9 Å². The number of rotatable bonds is 66. The lowest BCUT2D eigenvalue weighted by molar-refractivity contribution is -0.167. The maximum atomic E-state index is 12.9. The van der Waals surface area contributed by atoms with Gasteiger partial charge in [0.25, 0.3) is 0 Å². The van der Waals surface area contributed by atoms with Crippen molar-refractivity contribution in [1.82, 2.24) is 0 Å². The van der Waals surface area contributed by atoms with Crippen molar-refractivity contribution in [1.29, 1.82) is 0 Å². The van der Waals surface area contributed by atoms with Gasteiger partial charge >= 0.3 is 17.9 Å². The molecule has 0 spiro atoms. The molecule has 0 radical (unpaired) electrons. The zero-order valence-corrected chi connectivity index (χ0v) is 53.9. The average Bonchev–Trinajstić information content (AvgIpc) is 3.46. The molecule has 1 unspecified atom stereocenters.